The summed E-state index contributed by atoms with van der Waals surface area (Å²) in [6, 6.07) is 6.90. The van der Waals surface area contributed by atoms with E-state index in [0.29, 0.717) is 11.1 Å². The highest BCUT2D eigenvalue weighted by Gasteiger charge is 2.38. The number of para-hydroxylation sites is 1. The van der Waals surface area contributed by atoms with Crippen molar-refractivity contribution in [3.05, 3.63) is 63.2 Å². The molecule has 0 aliphatic carbocycles. The Balaban J connectivity index is 2.85. The molecule has 0 aromatic heterocycles. The SMILES string of the molecule is Cc1cc(C)c(N(C(C)C(=O)O)S(=O)(=O)c2ccccc2[N+](=O)[O-])c(C)c1. The first-order valence-corrected chi connectivity index (χ1v) is 9.51. The van der Waals surface area contributed by atoms with Crippen LogP contribution < -0.4 is 4.31 Å². The number of nitro benzene ring substituents is 1. The molecule has 9 heteroatoms. The molecule has 144 valence electrons. The number of carboxylic acid groups (broad SMARTS) is 1. The van der Waals surface area contributed by atoms with E-state index in [0.717, 1.165) is 22.0 Å². The molecule has 1 atom stereocenters. The summed E-state index contributed by atoms with van der Waals surface area (Å²) in [7, 11) is -4.52. The van der Waals surface area contributed by atoms with Crippen LogP contribution in [-0.4, -0.2) is 30.5 Å². The van der Waals surface area contributed by atoms with Gasteiger partial charge in [-0.15, -0.1) is 0 Å². The summed E-state index contributed by atoms with van der Waals surface area (Å²) in [6.07, 6.45) is 0. The van der Waals surface area contributed by atoms with Gasteiger partial charge in [-0.25, -0.2) is 13.2 Å². The monoisotopic (exact) mass is 392 g/mol. The molecular weight excluding hydrogens is 372 g/mol. The van der Waals surface area contributed by atoms with E-state index in [-0.39, 0.29) is 5.69 Å². The van der Waals surface area contributed by atoms with Crippen molar-refractivity contribution in [1.82, 2.24) is 0 Å². The highest BCUT2D eigenvalue weighted by molar-refractivity contribution is 7.93. The second-order valence-corrected chi connectivity index (χ2v) is 8.07. The van der Waals surface area contributed by atoms with Crippen LogP contribution in [0.15, 0.2) is 41.3 Å². The molecule has 0 heterocycles. The van der Waals surface area contributed by atoms with Crippen LogP contribution in [0.5, 0.6) is 0 Å². The van der Waals surface area contributed by atoms with Gasteiger partial charge in [-0.3, -0.25) is 14.4 Å². The lowest BCUT2D eigenvalue weighted by atomic mass is 10.0. The summed E-state index contributed by atoms with van der Waals surface area (Å²) in [6.45, 7) is 6.41. The van der Waals surface area contributed by atoms with Crippen LogP contribution in [0.1, 0.15) is 23.6 Å². The van der Waals surface area contributed by atoms with Gasteiger partial charge in [0.05, 0.1) is 10.6 Å². The molecule has 0 saturated heterocycles. The number of aryl methyl sites for hydroxylation is 3. The number of benzene rings is 2. The van der Waals surface area contributed by atoms with Crippen LogP contribution >= 0.6 is 0 Å². The maximum Gasteiger partial charge on any atom is 0.327 e. The van der Waals surface area contributed by atoms with Gasteiger partial charge in [0.1, 0.15) is 6.04 Å². The lowest BCUT2D eigenvalue weighted by Gasteiger charge is -2.30. The van der Waals surface area contributed by atoms with Crippen molar-refractivity contribution in [2.24, 2.45) is 0 Å². The summed E-state index contributed by atoms with van der Waals surface area (Å²) < 4.78 is 27.5. The van der Waals surface area contributed by atoms with Gasteiger partial charge >= 0.3 is 5.97 Å². The number of nitrogens with zero attached hydrogens (tertiary/aromatic N) is 2. The van der Waals surface area contributed by atoms with E-state index in [1.807, 2.05) is 6.92 Å². The molecule has 1 unspecified atom stereocenters. The third kappa shape index (κ3) is 3.77. The molecule has 8 nitrogen and oxygen atoms in total. The lowest BCUT2D eigenvalue weighted by molar-refractivity contribution is -0.387. The molecule has 2 aromatic carbocycles. The van der Waals surface area contributed by atoms with Crippen molar-refractivity contribution in [2.45, 2.75) is 38.6 Å². The summed E-state index contributed by atoms with van der Waals surface area (Å²) in [5.74, 6) is -1.36. The van der Waals surface area contributed by atoms with E-state index in [9.17, 15) is 28.4 Å². The highest BCUT2D eigenvalue weighted by Crippen LogP contribution is 2.35. The number of hydrogen-bond donors (Lipinski definition) is 1. The summed E-state index contributed by atoms with van der Waals surface area (Å²) >= 11 is 0. The zero-order valence-corrected chi connectivity index (χ0v) is 16.1. The molecule has 0 fully saturated rings. The average molecular weight is 392 g/mol. The summed E-state index contributed by atoms with van der Waals surface area (Å²) in [4.78, 5) is 21.6. The Hall–Kier alpha value is -2.94. The van der Waals surface area contributed by atoms with Crippen molar-refractivity contribution >= 4 is 27.4 Å². The molecule has 27 heavy (non-hydrogen) atoms. The number of carbonyl (C=O) groups is 1. The molecule has 0 aliphatic rings. The quantitative estimate of drug-likeness (QED) is 0.596. The van der Waals surface area contributed by atoms with Crippen molar-refractivity contribution in [3.63, 3.8) is 0 Å². The van der Waals surface area contributed by atoms with E-state index < -0.39 is 37.5 Å². The number of carboxylic acids is 1. The van der Waals surface area contributed by atoms with Crippen LogP contribution in [0.3, 0.4) is 0 Å². The molecule has 0 aliphatic heterocycles. The van der Waals surface area contributed by atoms with E-state index in [1.165, 1.54) is 19.1 Å². The number of hydrogen-bond acceptors (Lipinski definition) is 5. The Morgan fingerprint density at radius 2 is 1.67 bits per heavy atom. The van der Waals surface area contributed by atoms with Gasteiger partial charge in [0.15, 0.2) is 4.90 Å². The zero-order valence-electron chi connectivity index (χ0n) is 15.3. The minimum Gasteiger partial charge on any atom is -0.480 e. The topological polar surface area (TPSA) is 118 Å². The first-order chi connectivity index (χ1) is 12.5. The van der Waals surface area contributed by atoms with Crippen LogP contribution in [0.25, 0.3) is 0 Å². The third-order valence-electron chi connectivity index (χ3n) is 4.16. The highest BCUT2D eigenvalue weighted by atomic mass is 32.2. The van der Waals surface area contributed by atoms with E-state index in [1.54, 1.807) is 26.0 Å². The predicted octanol–water partition coefficient (Wildman–Crippen LogP) is 3.19. The summed E-state index contributed by atoms with van der Waals surface area (Å²) in [5.41, 5.74) is 1.60. The van der Waals surface area contributed by atoms with Gasteiger partial charge in [0.25, 0.3) is 15.7 Å². The van der Waals surface area contributed by atoms with Crippen molar-refractivity contribution in [3.8, 4) is 0 Å². The minimum absolute atomic E-state index is 0.202. The predicted molar refractivity (Wildman–Crippen MR) is 101 cm³/mol. The molecule has 0 bridgehead atoms. The standard InChI is InChI=1S/C18H20N2O6S/c1-11-9-12(2)17(13(3)10-11)19(14(4)18(21)22)27(25,26)16-8-6-5-7-15(16)20(23)24/h5-10,14H,1-4H3,(H,21,22). The Morgan fingerprint density at radius 3 is 2.15 bits per heavy atom. The van der Waals surface area contributed by atoms with Gasteiger partial charge in [-0.1, -0.05) is 29.8 Å². The maximum absolute atomic E-state index is 13.4. The van der Waals surface area contributed by atoms with Crippen LogP contribution in [0.4, 0.5) is 11.4 Å². The smallest absolute Gasteiger partial charge is 0.327 e. The van der Waals surface area contributed by atoms with Crippen molar-refractivity contribution < 1.29 is 23.2 Å². The van der Waals surface area contributed by atoms with E-state index in [4.69, 9.17) is 0 Å². The van der Waals surface area contributed by atoms with Gasteiger partial charge < -0.3 is 5.11 Å². The van der Waals surface area contributed by atoms with Gasteiger partial charge in [-0.2, -0.15) is 0 Å². The van der Waals surface area contributed by atoms with Gasteiger partial charge in [0, 0.05) is 6.07 Å². The molecule has 2 aromatic rings. The van der Waals surface area contributed by atoms with Gasteiger partial charge in [-0.05, 0) is 44.9 Å². The first-order valence-electron chi connectivity index (χ1n) is 8.07. The van der Waals surface area contributed by atoms with Crippen LogP contribution in [0.2, 0.25) is 0 Å². The van der Waals surface area contributed by atoms with Crippen LogP contribution in [-0.2, 0) is 14.8 Å². The lowest BCUT2D eigenvalue weighted by Crippen LogP contribution is -2.44. The normalized spacial score (nSPS) is 12.4. The Bertz CT molecular complexity index is 993. The number of anilines is 1. The molecule has 0 saturated carbocycles. The molecule has 1 N–H and O–H groups in total. The first kappa shape index (κ1) is 20.4. The second kappa shape index (κ2) is 7.36. The Morgan fingerprint density at radius 1 is 1.15 bits per heavy atom. The fourth-order valence-electron chi connectivity index (χ4n) is 3.07. The second-order valence-electron chi connectivity index (χ2n) is 6.29. The number of nitro groups is 1. The van der Waals surface area contributed by atoms with Crippen LogP contribution in [0, 0.1) is 30.9 Å². The molecular formula is C18H20N2O6S. The van der Waals surface area contributed by atoms with Crippen molar-refractivity contribution in [2.75, 3.05) is 4.31 Å². The molecule has 2 rings (SSSR count). The van der Waals surface area contributed by atoms with Gasteiger partial charge in [0.2, 0.25) is 0 Å². The molecule has 0 spiro atoms. The van der Waals surface area contributed by atoms with Crippen molar-refractivity contribution in [1.29, 1.82) is 0 Å². The fourth-order valence-corrected chi connectivity index (χ4v) is 4.98. The average Bonchev–Trinajstić information content (AvgIpc) is 2.57. The molecule has 0 radical (unpaired) electrons. The summed E-state index contributed by atoms with van der Waals surface area (Å²) in [5, 5.41) is 20.8. The largest absolute Gasteiger partial charge is 0.480 e. The molecule has 0 amide bonds. The third-order valence-corrected chi connectivity index (χ3v) is 6.08. The maximum atomic E-state index is 13.4. The Kier molecular flexibility index (Phi) is 5.55. The number of rotatable bonds is 6. The number of sulfonamides is 1. The van der Waals surface area contributed by atoms with E-state index >= 15 is 0 Å². The fraction of sp³-hybridized carbons (Fsp3) is 0.278. The zero-order chi connectivity index (χ0) is 20.5. The van der Waals surface area contributed by atoms with E-state index in [2.05, 4.69) is 0 Å². The Labute approximate surface area is 157 Å². The minimum atomic E-state index is -4.52. The number of aliphatic carboxylic acids is 1.